The molecule has 0 heterocycles. The molecule has 10 heteroatoms. The van der Waals surface area contributed by atoms with Crippen molar-refractivity contribution in [2.24, 2.45) is 5.10 Å². The maximum absolute atomic E-state index is 12.3. The Morgan fingerprint density at radius 1 is 0.970 bits per heavy atom. The lowest BCUT2D eigenvalue weighted by Crippen LogP contribution is -2.18. The quantitative estimate of drug-likeness (QED) is 0.187. The molecule has 166 valence electrons. The fourth-order valence-electron chi connectivity index (χ4n) is 2.71. The van der Waals surface area contributed by atoms with Crippen molar-refractivity contribution in [2.45, 2.75) is 6.92 Å². The minimum atomic E-state index is -0.651. The lowest BCUT2D eigenvalue weighted by molar-refractivity contribution is -0.384. The molecule has 2 N–H and O–H groups in total. The molecular formula is C23H18N4O6. The van der Waals surface area contributed by atoms with Crippen molar-refractivity contribution in [3.63, 3.8) is 0 Å². The predicted molar refractivity (Wildman–Crippen MR) is 120 cm³/mol. The fourth-order valence-corrected chi connectivity index (χ4v) is 2.71. The molecule has 10 nitrogen and oxygen atoms in total. The number of nitrogens with one attached hydrogen (secondary N) is 2. The molecule has 2 amide bonds. The van der Waals surface area contributed by atoms with Crippen LogP contribution in [-0.4, -0.2) is 28.9 Å². The number of ether oxygens (including phenoxy) is 1. The monoisotopic (exact) mass is 446 g/mol. The molecule has 33 heavy (non-hydrogen) atoms. The Labute approximate surface area is 188 Å². The number of rotatable bonds is 7. The predicted octanol–water partition coefficient (Wildman–Crippen LogP) is 3.54. The summed E-state index contributed by atoms with van der Waals surface area (Å²) in [7, 11) is 0. The molecule has 3 aromatic carbocycles. The van der Waals surface area contributed by atoms with Gasteiger partial charge in [-0.3, -0.25) is 19.7 Å². The van der Waals surface area contributed by atoms with Crippen molar-refractivity contribution in [2.75, 3.05) is 5.32 Å². The number of nitro benzene ring substituents is 1. The van der Waals surface area contributed by atoms with Gasteiger partial charge in [-0.05, 0) is 42.5 Å². The van der Waals surface area contributed by atoms with Gasteiger partial charge in [0.25, 0.3) is 11.6 Å². The first-order valence-electron chi connectivity index (χ1n) is 9.60. The third-order valence-electron chi connectivity index (χ3n) is 4.25. The third kappa shape index (κ3) is 6.31. The van der Waals surface area contributed by atoms with E-state index in [1.165, 1.54) is 37.3 Å². The van der Waals surface area contributed by atoms with E-state index >= 15 is 0 Å². The minimum absolute atomic E-state index is 0.0344. The fraction of sp³-hybridized carbons (Fsp3) is 0.0435. The zero-order valence-corrected chi connectivity index (χ0v) is 17.3. The van der Waals surface area contributed by atoms with E-state index in [2.05, 4.69) is 15.8 Å². The zero-order valence-electron chi connectivity index (χ0n) is 17.3. The van der Waals surface area contributed by atoms with Gasteiger partial charge in [-0.15, -0.1) is 0 Å². The van der Waals surface area contributed by atoms with Gasteiger partial charge in [0.1, 0.15) is 5.75 Å². The van der Waals surface area contributed by atoms with E-state index in [1.807, 2.05) is 0 Å². The summed E-state index contributed by atoms with van der Waals surface area (Å²) in [6.45, 7) is 1.37. The highest BCUT2D eigenvalue weighted by Gasteiger charge is 2.15. The lowest BCUT2D eigenvalue weighted by Gasteiger charge is -2.07. The second-order valence-electron chi connectivity index (χ2n) is 6.69. The van der Waals surface area contributed by atoms with Crippen LogP contribution in [0.1, 0.15) is 33.2 Å². The molecule has 0 radical (unpaired) electrons. The summed E-state index contributed by atoms with van der Waals surface area (Å²) < 4.78 is 5.35. The van der Waals surface area contributed by atoms with Crippen LogP contribution >= 0.6 is 0 Å². The first-order valence-corrected chi connectivity index (χ1v) is 9.60. The number of carbonyl (C=O) groups excluding carboxylic acids is 3. The number of hydrazone groups is 1. The van der Waals surface area contributed by atoms with Gasteiger partial charge in [-0.1, -0.05) is 18.2 Å². The minimum Gasteiger partial charge on any atom is -0.422 e. The first-order chi connectivity index (χ1) is 15.8. The maximum atomic E-state index is 12.3. The molecule has 0 saturated carbocycles. The van der Waals surface area contributed by atoms with Gasteiger partial charge in [0.05, 0.1) is 16.7 Å². The molecule has 0 fully saturated rings. The normalized spacial score (nSPS) is 10.5. The van der Waals surface area contributed by atoms with E-state index in [1.54, 1.807) is 42.5 Å². The standard InChI is InChI=1S/C23H18N4O6/c1-15(28)25-19-9-7-16(8-10-19)22(29)26-24-14-18-13-20(27(31)32)11-12-21(18)33-23(30)17-5-3-2-4-6-17/h2-14H,1H3,(H,25,28)(H,26,29)/b24-14+. The van der Waals surface area contributed by atoms with Crippen molar-refractivity contribution < 1.29 is 24.0 Å². The molecule has 0 aromatic heterocycles. The molecule has 3 aromatic rings. The molecule has 0 unspecified atom stereocenters. The van der Waals surface area contributed by atoms with Crippen LogP contribution in [0.25, 0.3) is 0 Å². The largest absolute Gasteiger partial charge is 0.422 e. The summed E-state index contributed by atoms with van der Waals surface area (Å²) >= 11 is 0. The Kier molecular flexibility index (Phi) is 7.22. The van der Waals surface area contributed by atoms with Gasteiger partial charge < -0.3 is 10.1 Å². The topological polar surface area (TPSA) is 140 Å². The molecule has 0 saturated heterocycles. The zero-order chi connectivity index (χ0) is 23.8. The summed E-state index contributed by atoms with van der Waals surface area (Å²) in [6, 6.07) is 18.0. The van der Waals surface area contributed by atoms with Gasteiger partial charge in [0.15, 0.2) is 0 Å². The van der Waals surface area contributed by atoms with Crippen molar-refractivity contribution in [1.29, 1.82) is 0 Å². The van der Waals surface area contributed by atoms with Crippen LogP contribution in [0, 0.1) is 10.1 Å². The van der Waals surface area contributed by atoms with E-state index in [4.69, 9.17) is 4.74 Å². The Hall–Kier alpha value is -4.86. The van der Waals surface area contributed by atoms with Gasteiger partial charge in [-0.2, -0.15) is 5.10 Å². The average molecular weight is 446 g/mol. The van der Waals surface area contributed by atoms with Crippen LogP contribution in [0.3, 0.4) is 0 Å². The molecule has 0 aliphatic rings. The Balaban J connectivity index is 1.75. The number of nitrogens with zero attached hydrogens (tertiary/aromatic N) is 2. The SMILES string of the molecule is CC(=O)Nc1ccc(C(=O)N/N=C/c2cc([N+](=O)[O-])ccc2OC(=O)c2ccccc2)cc1. The van der Waals surface area contributed by atoms with E-state index in [0.29, 0.717) is 11.3 Å². The van der Waals surface area contributed by atoms with E-state index in [9.17, 15) is 24.5 Å². The van der Waals surface area contributed by atoms with Crippen molar-refractivity contribution in [3.8, 4) is 5.75 Å². The second kappa shape index (κ2) is 10.4. The molecule has 0 spiro atoms. The maximum Gasteiger partial charge on any atom is 0.343 e. The van der Waals surface area contributed by atoms with Gasteiger partial charge in [0.2, 0.25) is 5.91 Å². The third-order valence-corrected chi connectivity index (χ3v) is 4.25. The molecule has 3 rings (SSSR count). The van der Waals surface area contributed by atoms with Crippen molar-refractivity contribution in [1.82, 2.24) is 5.43 Å². The Bertz CT molecular complexity index is 1220. The average Bonchev–Trinajstić information content (AvgIpc) is 2.80. The van der Waals surface area contributed by atoms with Gasteiger partial charge in [0, 0.05) is 35.9 Å². The van der Waals surface area contributed by atoms with E-state index < -0.39 is 16.8 Å². The smallest absolute Gasteiger partial charge is 0.343 e. The number of esters is 1. The van der Waals surface area contributed by atoms with Crippen LogP contribution in [-0.2, 0) is 4.79 Å². The highest BCUT2D eigenvalue weighted by Crippen LogP contribution is 2.24. The van der Waals surface area contributed by atoms with E-state index in [-0.39, 0.29) is 28.5 Å². The molecule has 0 aliphatic heterocycles. The number of hydrogen-bond acceptors (Lipinski definition) is 7. The number of anilines is 1. The highest BCUT2D eigenvalue weighted by atomic mass is 16.6. The van der Waals surface area contributed by atoms with Crippen LogP contribution in [0.4, 0.5) is 11.4 Å². The van der Waals surface area contributed by atoms with Crippen molar-refractivity contribution in [3.05, 3.63) is 99.6 Å². The van der Waals surface area contributed by atoms with Crippen LogP contribution < -0.4 is 15.5 Å². The van der Waals surface area contributed by atoms with Gasteiger partial charge >= 0.3 is 5.97 Å². The first kappa shape index (κ1) is 22.8. The van der Waals surface area contributed by atoms with Crippen LogP contribution in [0.5, 0.6) is 5.75 Å². The molecule has 0 aliphatic carbocycles. The Morgan fingerprint density at radius 2 is 1.67 bits per heavy atom. The molecule has 0 atom stereocenters. The van der Waals surface area contributed by atoms with Crippen LogP contribution in [0.15, 0.2) is 77.9 Å². The second-order valence-corrected chi connectivity index (χ2v) is 6.69. The number of non-ortho nitro benzene ring substituents is 1. The number of hydrogen-bond donors (Lipinski definition) is 2. The van der Waals surface area contributed by atoms with Crippen LogP contribution in [0.2, 0.25) is 0 Å². The lowest BCUT2D eigenvalue weighted by atomic mass is 10.2. The summed E-state index contributed by atoms with van der Waals surface area (Å²) in [4.78, 5) is 46.2. The number of amides is 2. The van der Waals surface area contributed by atoms with Gasteiger partial charge in [-0.25, -0.2) is 10.2 Å². The van der Waals surface area contributed by atoms with E-state index in [0.717, 1.165) is 6.21 Å². The highest BCUT2D eigenvalue weighted by molar-refractivity contribution is 5.97. The molecular weight excluding hydrogens is 428 g/mol. The summed E-state index contributed by atoms with van der Waals surface area (Å²) in [5.74, 6) is -1.40. The van der Waals surface area contributed by atoms with Crippen molar-refractivity contribution >= 4 is 35.4 Å². The Morgan fingerprint density at radius 3 is 2.30 bits per heavy atom. The number of nitro groups is 1. The summed E-state index contributed by atoms with van der Waals surface area (Å²) in [5, 5.41) is 17.5. The summed E-state index contributed by atoms with van der Waals surface area (Å²) in [6.07, 6.45) is 1.14. The number of carbonyl (C=O) groups is 3. The summed E-state index contributed by atoms with van der Waals surface area (Å²) in [5.41, 5.74) is 3.29. The number of benzene rings is 3. The molecule has 0 bridgehead atoms.